The van der Waals surface area contributed by atoms with Crippen LogP contribution in [0.1, 0.15) is 18.4 Å². The van der Waals surface area contributed by atoms with Crippen LogP contribution in [0.2, 0.25) is 0 Å². The van der Waals surface area contributed by atoms with Gasteiger partial charge in [-0.2, -0.15) is 0 Å². The van der Waals surface area contributed by atoms with Crippen molar-refractivity contribution < 1.29 is 9.59 Å². The highest BCUT2D eigenvalue weighted by Gasteiger charge is 2.33. The van der Waals surface area contributed by atoms with Crippen LogP contribution in [0.15, 0.2) is 48.1 Å². The number of aromatic nitrogens is 2. The van der Waals surface area contributed by atoms with Crippen molar-refractivity contribution in [1.82, 2.24) is 19.8 Å². The minimum Gasteiger partial charge on any atom is -0.352 e. The van der Waals surface area contributed by atoms with E-state index >= 15 is 0 Å². The van der Waals surface area contributed by atoms with E-state index in [1.165, 1.54) is 0 Å². The summed E-state index contributed by atoms with van der Waals surface area (Å²) in [5.41, 5.74) is 1.02. The first-order valence-electron chi connectivity index (χ1n) is 11.2. The summed E-state index contributed by atoms with van der Waals surface area (Å²) in [6.45, 7) is 4.17. The van der Waals surface area contributed by atoms with E-state index < -0.39 is 0 Å². The molecule has 0 spiro atoms. The SMILES string of the molecule is O=C(Cc1ccccc1)N1CCCC(C(=O)N2CCN(c3ncnc4sccc34)CC2)C1. The standard InChI is InChI=1S/C24H27N5O2S/c30-21(15-18-5-2-1-3-6-18)29-9-4-7-19(16-29)24(31)28-12-10-27(11-13-28)22-20-8-14-32-23(20)26-17-25-22/h1-3,5-6,8,14,17,19H,4,7,9-13,15-16H2. The summed E-state index contributed by atoms with van der Waals surface area (Å²) >= 11 is 1.62. The fourth-order valence-electron chi connectivity index (χ4n) is 4.71. The van der Waals surface area contributed by atoms with Crippen molar-refractivity contribution in [3.05, 3.63) is 53.7 Å². The Labute approximate surface area is 191 Å². The Morgan fingerprint density at radius 2 is 1.78 bits per heavy atom. The predicted octanol–water partition coefficient (Wildman–Crippen LogP) is 2.82. The first-order valence-corrected chi connectivity index (χ1v) is 12.1. The lowest BCUT2D eigenvalue weighted by atomic mass is 9.95. The van der Waals surface area contributed by atoms with Crippen LogP contribution in [0.5, 0.6) is 0 Å². The lowest BCUT2D eigenvalue weighted by Crippen LogP contribution is -2.53. The van der Waals surface area contributed by atoms with Crippen molar-refractivity contribution >= 4 is 39.2 Å². The zero-order valence-corrected chi connectivity index (χ0v) is 18.8. The molecular formula is C24H27N5O2S. The molecule has 0 bridgehead atoms. The molecule has 2 saturated heterocycles. The quantitative estimate of drug-likeness (QED) is 0.613. The van der Waals surface area contributed by atoms with Crippen molar-refractivity contribution in [3.8, 4) is 0 Å². The number of hydrogen-bond donors (Lipinski definition) is 0. The highest BCUT2D eigenvalue weighted by Crippen LogP contribution is 2.28. The molecule has 0 saturated carbocycles. The molecule has 32 heavy (non-hydrogen) atoms. The van der Waals surface area contributed by atoms with Gasteiger partial charge in [-0.3, -0.25) is 9.59 Å². The number of amides is 2. The van der Waals surface area contributed by atoms with E-state index in [1.54, 1.807) is 17.7 Å². The number of rotatable bonds is 4. The van der Waals surface area contributed by atoms with Crippen molar-refractivity contribution in [2.45, 2.75) is 19.3 Å². The second-order valence-corrected chi connectivity index (χ2v) is 9.38. The number of piperidine rings is 1. The molecule has 1 atom stereocenters. The molecule has 5 rings (SSSR count). The van der Waals surface area contributed by atoms with Crippen LogP contribution in [0.3, 0.4) is 0 Å². The van der Waals surface area contributed by atoms with E-state index in [0.717, 1.165) is 54.1 Å². The molecule has 2 fully saturated rings. The summed E-state index contributed by atoms with van der Waals surface area (Å²) in [6.07, 6.45) is 3.76. The van der Waals surface area contributed by atoms with Gasteiger partial charge in [0.25, 0.3) is 0 Å². The summed E-state index contributed by atoms with van der Waals surface area (Å²) in [7, 11) is 0. The average Bonchev–Trinajstić information content (AvgIpc) is 3.34. The minimum atomic E-state index is -0.0994. The van der Waals surface area contributed by atoms with Gasteiger partial charge in [-0.25, -0.2) is 9.97 Å². The van der Waals surface area contributed by atoms with Gasteiger partial charge in [0.05, 0.1) is 17.7 Å². The van der Waals surface area contributed by atoms with Gasteiger partial charge in [-0.05, 0) is 29.9 Å². The Balaban J connectivity index is 1.18. The number of nitrogens with zero attached hydrogens (tertiary/aromatic N) is 5. The first-order chi connectivity index (χ1) is 15.7. The molecule has 0 N–H and O–H groups in total. The topological polar surface area (TPSA) is 69.6 Å². The van der Waals surface area contributed by atoms with E-state index in [-0.39, 0.29) is 17.7 Å². The number of benzene rings is 1. The van der Waals surface area contributed by atoms with Crippen molar-refractivity contribution in [1.29, 1.82) is 0 Å². The largest absolute Gasteiger partial charge is 0.352 e. The molecule has 3 aromatic rings. The number of anilines is 1. The molecule has 1 aromatic carbocycles. The smallest absolute Gasteiger partial charge is 0.227 e. The molecule has 8 heteroatoms. The highest BCUT2D eigenvalue weighted by atomic mass is 32.1. The summed E-state index contributed by atoms with van der Waals surface area (Å²) in [4.78, 5) is 41.9. The molecule has 7 nitrogen and oxygen atoms in total. The van der Waals surface area contributed by atoms with Gasteiger partial charge in [0.2, 0.25) is 11.8 Å². The van der Waals surface area contributed by atoms with E-state index in [9.17, 15) is 9.59 Å². The molecule has 2 aliphatic heterocycles. The van der Waals surface area contributed by atoms with Crippen LogP contribution in [0, 0.1) is 5.92 Å². The van der Waals surface area contributed by atoms with Gasteiger partial charge < -0.3 is 14.7 Å². The van der Waals surface area contributed by atoms with Crippen LogP contribution in [0.25, 0.3) is 10.2 Å². The Bertz CT molecular complexity index is 1090. The van der Waals surface area contributed by atoms with E-state index in [2.05, 4.69) is 20.9 Å². The number of carbonyl (C=O) groups is 2. The number of piperazine rings is 1. The van der Waals surface area contributed by atoms with Crippen LogP contribution in [0.4, 0.5) is 5.82 Å². The third-order valence-electron chi connectivity index (χ3n) is 6.45. The molecule has 0 aliphatic carbocycles. The minimum absolute atomic E-state index is 0.0994. The normalized spacial score (nSPS) is 19.4. The zero-order valence-electron chi connectivity index (χ0n) is 18.0. The van der Waals surface area contributed by atoms with Crippen LogP contribution < -0.4 is 4.90 Å². The van der Waals surface area contributed by atoms with E-state index in [4.69, 9.17) is 0 Å². The molecule has 1 unspecified atom stereocenters. The maximum absolute atomic E-state index is 13.2. The van der Waals surface area contributed by atoms with Crippen LogP contribution in [-0.2, 0) is 16.0 Å². The summed E-state index contributed by atoms with van der Waals surface area (Å²) in [5, 5.41) is 3.12. The molecule has 0 radical (unpaired) electrons. The number of carbonyl (C=O) groups excluding carboxylic acids is 2. The average molecular weight is 450 g/mol. The van der Waals surface area contributed by atoms with Crippen molar-refractivity contribution in [2.24, 2.45) is 5.92 Å². The molecule has 166 valence electrons. The third kappa shape index (κ3) is 4.32. The monoisotopic (exact) mass is 449 g/mol. The lowest BCUT2D eigenvalue weighted by molar-refractivity contribution is -0.140. The van der Waals surface area contributed by atoms with Crippen molar-refractivity contribution in [2.75, 3.05) is 44.2 Å². The summed E-state index contributed by atoms with van der Waals surface area (Å²) in [5.74, 6) is 1.16. The molecule has 2 aliphatic rings. The second kappa shape index (κ2) is 9.24. The number of fused-ring (bicyclic) bond motifs is 1. The molecular weight excluding hydrogens is 422 g/mol. The Morgan fingerprint density at radius 1 is 0.969 bits per heavy atom. The number of hydrogen-bond acceptors (Lipinski definition) is 6. The Morgan fingerprint density at radius 3 is 2.59 bits per heavy atom. The maximum atomic E-state index is 13.2. The fourth-order valence-corrected chi connectivity index (χ4v) is 5.44. The Hall–Kier alpha value is -3.00. The summed E-state index contributed by atoms with van der Waals surface area (Å²) in [6, 6.07) is 11.9. The Kier molecular flexibility index (Phi) is 6.03. The van der Waals surface area contributed by atoms with E-state index in [0.29, 0.717) is 26.1 Å². The van der Waals surface area contributed by atoms with Crippen molar-refractivity contribution in [3.63, 3.8) is 0 Å². The van der Waals surface area contributed by atoms with Gasteiger partial charge >= 0.3 is 0 Å². The lowest BCUT2D eigenvalue weighted by Gasteiger charge is -2.39. The van der Waals surface area contributed by atoms with Crippen LogP contribution in [-0.4, -0.2) is 70.9 Å². The predicted molar refractivity (Wildman–Crippen MR) is 126 cm³/mol. The molecule has 4 heterocycles. The van der Waals surface area contributed by atoms with Gasteiger partial charge in [0.1, 0.15) is 17.0 Å². The molecule has 2 aromatic heterocycles. The maximum Gasteiger partial charge on any atom is 0.227 e. The van der Waals surface area contributed by atoms with Gasteiger partial charge in [-0.15, -0.1) is 11.3 Å². The molecule has 2 amide bonds. The fraction of sp³-hybridized carbons (Fsp3) is 0.417. The second-order valence-electron chi connectivity index (χ2n) is 8.49. The summed E-state index contributed by atoms with van der Waals surface area (Å²) < 4.78 is 0. The number of likely N-dealkylation sites (tertiary alicyclic amines) is 1. The number of thiophene rings is 1. The van der Waals surface area contributed by atoms with Gasteiger partial charge in [0.15, 0.2) is 0 Å². The van der Waals surface area contributed by atoms with Gasteiger partial charge in [0, 0.05) is 39.3 Å². The van der Waals surface area contributed by atoms with E-state index in [1.807, 2.05) is 45.5 Å². The zero-order chi connectivity index (χ0) is 21.9. The third-order valence-corrected chi connectivity index (χ3v) is 7.27. The highest BCUT2D eigenvalue weighted by molar-refractivity contribution is 7.16. The van der Waals surface area contributed by atoms with Gasteiger partial charge in [-0.1, -0.05) is 30.3 Å². The first kappa shape index (κ1) is 20.9. The van der Waals surface area contributed by atoms with Crippen LogP contribution >= 0.6 is 11.3 Å².